The lowest BCUT2D eigenvalue weighted by Crippen LogP contribution is -2.51. The molecule has 220 valence electrons. The summed E-state index contributed by atoms with van der Waals surface area (Å²) < 4.78 is 34.4. The molecule has 0 heterocycles. The Morgan fingerprint density at radius 2 is 1.63 bits per heavy atom. The Morgan fingerprint density at radius 3 is 2.24 bits per heavy atom. The Bertz CT molecular complexity index is 1410. The lowest BCUT2D eigenvalue weighted by atomic mass is 10.1. The molecule has 0 spiro atoms. The van der Waals surface area contributed by atoms with Crippen LogP contribution in [0.1, 0.15) is 44.7 Å². The number of unbranched alkanes of at least 4 members (excludes halogenated alkanes) is 1. The molecule has 0 saturated heterocycles. The van der Waals surface area contributed by atoms with Crippen LogP contribution in [-0.2, 0) is 26.2 Å². The van der Waals surface area contributed by atoms with Crippen LogP contribution in [0.3, 0.4) is 0 Å². The molecule has 3 rings (SSSR count). The minimum atomic E-state index is -4.15. The van der Waals surface area contributed by atoms with E-state index in [0.717, 1.165) is 22.7 Å². The highest BCUT2D eigenvalue weighted by molar-refractivity contribution is 7.92. The Hall–Kier alpha value is -3.56. The normalized spacial score (nSPS) is 11.9. The van der Waals surface area contributed by atoms with E-state index in [1.54, 1.807) is 67.6 Å². The van der Waals surface area contributed by atoms with Crippen LogP contribution in [0.2, 0.25) is 5.02 Å². The van der Waals surface area contributed by atoms with Crippen molar-refractivity contribution in [2.75, 3.05) is 24.0 Å². The molecule has 1 N–H and O–H groups in total. The maximum atomic E-state index is 14.0. The molecule has 0 fully saturated rings. The average molecular weight is 600 g/mol. The van der Waals surface area contributed by atoms with Crippen molar-refractivity contribution >= 4 is 39.1 Å². The van der Waals surface area contributed by atoms with Gasteiger partial charge in [-0.1, -0.05) is 60.8 Å². The summed E-state index contributed by atoms with van der Waals surface area (Å²) in [6, 6.07) is 19.1. The monoisotopic (exact) mass is 599 g/mol. The number of amides is 2. The largest absolute Gasteiger partial charge is 0.494 e. The van der Waals surface area contributed by atoms with Crippen LogP contribution in [0, 0.1) is 6.92 Å². The topological polar surface area (TPSA) is 96.0 Å². The number of carbonyl (C=O) groups is 2. The summed E-state index contributed by atoms with van der Waals surface area (Å²) in [5.41, 5.74) is 1.84. The fourth-order valence-electron chi connectivity index (χ4n) is 4.17. The van der Waals surface area contributed by atoms with E-state index in [1.807, 2.05) is 20.8 Å². The molecule has 0 aliphatic heterocycles. The molecule has 1 atom stereocenters. The summed E-state index contributed by atoms with van der Waals surface area (Å²) in [5.74, 6) is -0.298. The lowest BCUT2D eigenvalue weighted by molar-refractivity contribution is -0.139. The van der Waals surface area contributed by atoms with Gasteiger partial charge in [-0.3, -0.25) is 13.9 Å². The van der Waals surface area contributed by atoms with Crippen molar-refractivity contribution < 1.29 is 22.7 Å². The maximum absolute atomic E-state index is 14.0. The second-order valence-electron chi connectivity index (χ2n) is 9.69. The molecular weight excluding hydrogens is 562 g/mol. The summed E-state index contributed by atoms with van der Waals surface area (Å²) in [6.07, 6.45) is 1.71. The number of nitrogens with zero attached hydrogens (tertiary/aromatic N) is 2. The van der Waals surface area contributed by atoms with Crippen LogP contribution < -0.4 is 14.4 Å². The highest BCUT2D eigenvalue weighted by atomic mass is 35.5. The van der Waals surface area contributed by atoms with Gasteiger partial charge in [-0.2, -0.15) is 0 Å². The predicted octanol–water partition coefficient (Wildman–Crippen LogP) is 5.58. The summed E-state index contributed by atoms with van der Waals surface area (Å²) in [6.45, 7) is 7.81. The zero-order valence-corrected chi connectivity index (χ0v) is 25.5. The molecule has 41 heavy (non-hydrogen) atoms. The number of hydrogen-bond acceptors (Lipinski definition) is 5. The van der Waals surface area contributed by atoms with E-state index < -0.39 is 28.5 Å². The van der Waals surface area contributed by atoms with Crippen molar-refractivity contribution in [1.82, 2.24) is 10.2 Å². The fourth-order valence-corrected chi connectivity index (χ4v) is 5.78. The van der Waals surface area contributed by atoms with Gasteiger partial charge in [0.15, 0.2) is 0 Å². The first-order valence-electron chi connectivity index (χ1n) is 13.7. The zero-order chi connectivity index (χ0) is 30.0. The number of halogens is 1. The quantitative estimate of drug-likeness (QED) is 0.244. The van der Waals surface area contributed by atoms with E-state index in [9.17, 15) is 18.0 Å². The van der Waals surface area contributed by atoms with Gasteiger partial charge in [0.2, 0.25) is 11.8 Å². The molecule has 10 heteroatoms. The smallest absolute Gasteiger partial charge is 0.264 e. The third kappa shape index (κ3) is 8.47. The van der Waals surface area contributed by atoms with Gasteiger partial charge in [0.25, 0.3) is 10.0 Å². The lowest BCUT2D eigenvalue weighted by Gasteiger charge is -2.32. The SMILES string of the molecule is CCCCNC(=O)[C@@H](C)N(Cc1ccccc1Cl)C(=O)CN(c1ccc(OCC)cc1)S(=O)(=O)c1ccc(C)cc1. The first-order valence-corrected chi connectivity index (χ1v) is 15.5. The summed E-state index contributed by atoms with van der Waals surface area (Å²) in [4.78, 5) is 28.5. The van der Waals surface area contributed by atoms with Crippen molar-refractivity contribution in [2.24, 2.45) is 0 Å². The van der Waals surface area contributed by atoms with Crippen molar-refractivity contribution in [1.29, 1.82) is 0 Å². The van der Waals surface area contributed by atoms with E-state index in [0.29, 0.717) is 35.2 Å². The maximum Gasteiger partial charge on any atom is 0.264 e. The number of aryl methyl sites for hydroxylation is 1. The molecule has 0 aliphatic carbocycles. The van der Waals surface area contributed by atoms with Crippen molar-refractivity contribution in [3.05, 3.63) is 88.9 Å². The van der Waals surface area contributed by atoms with E-state index in [4.69, 9.17) is 16.3 Å². The van der Waals surface area contributed by atoms with Crippen molar-refractivity contribution in [2.45, 2.75) is 58.0 Å². The first kappa shape index (κ1) is 32.0. The Labute approximate surface area is 248 Å². The molecule has 0 aromatic heterocycles. The number of rotatable bonds is 14. The number of anilines is 1. The highest BCUT2D eigenvalue weighted by Crippen LogP contribution is 2.27. The van der Waals surface area contributed by atoms with E-state index >= 15 is 0 Å². The standard InChI is InChI=1S/C31H38ClN3O5S/c1-5-7-20-33-31(37)24(4)34(21-25-10-8-9-11-29(25)32)30(36)22-35(26-14-16-27(17-15-26)40-6-2)41(38,39)28-18-12-23(3)13-19-28/h8-19,24H,5-7,20-22H2,1-4H3,(H,33,37)/t24-/m1/s1. The second-order valence-corrected chi connectivity index (χ2v) is 12.0. The molecule has 0 unspecified atom stereocenters. The minimum absolute atomic E-state index is 0.0303. The van der Waals surface area contributed by atoms with Gasteiger partial charge in [0.1, 0.15) is 18.3 Å². The van der Waals surface area contributed by atoms with Gasteiger partial charge in [0, 0.05) is 18.1 Å². The third-order valence-electron chi connectivity index (χ3n) is 6.62. The number of nitrogens with one attached hydrogen (secondary N) is 1. The number of benzene rings is 3. The Morgan fingerprint density at radius 1 is 0.976 bits per heavy atom. The van der Waals surface area contributed by atoms with Gasteiger partial charge < -0.3 is 15.0 Å². The molecule has 3 aromatic carbocycles. The Balaban J connectivity index is 2.01. The van der Waals surface area contributed by atoms with Crippen molar-refractivity contribution in [3.8, 4) is 5.75 Å². The molecule has 2 amide bonds. The summed E-state index contributed by atoms with van der Waals surface area (Å²) in [7, 11) is -4.15. The molecule has 0 aliphatic rings. The highest BCUT2D eigenvalue weighted by Gasteiger charge is 2.32. The first-order chi connectivity index (χ1) is 19.6. The zero-order valence-electron chi connectivity index (χ0n) is 24.0. The number of hydrogen-bond donors (Lipinski definition) is 1. The van der Waals surface area contributed by atoms with E-state index in [2.05, 4.69) is 5.32 Å². The molecule has 3 aromatic rings. The number of carbonyl (C=O) groups excluding carboxylic acids is 2. The Kier molecular flexibility index (Phi) is 11.6. The second kappa shape index (κ2) is 14.9. The van der Waals surface area contributed by atoms with Crippen LogP contribution in [0.4, 0.5) is 5.69 Å². The van der Waals surface area contributed by atoms with Crippen molar-refractivity contribution in [3.63, 3.8) is 0 Å². The van der Waals surface area contributed by atoms with Gasteiger partial charge in [-0.25, -0.2) is 8.42 Å². The van der Waals surface area contributed by atoms with Crippen LogP contribution in [0.15, 0.2) is 77.7 Å². The van der Waals surface area contributed by atoms with Crippen LogP contribution in [0.25, 0.3) is 0 Å². The van der Waals surface area contributed by atoms with Gasteiger partial charge in [0.05, 0.1) is 17.2 Å². The van der Waals surface area contributed by atoms with Crippen LogP contribution in [0.5, 0.6) is 5.75 Å². The predicted molar refractivity (Wildman–Crippen MR) is 163 cm³/mol. The van der Waals surface area contributed by atoms with Crippen LogP contribution in [-0.4, -0.2) is 50.9 Å². The van der Waals surface area contributed by atoms with Gasteiger partial charge in [-0.15, -0.1) is 0 Å². The molecule has 0 bridgehead atoms. The van der Waals surface area contributed by atoms with Gasteiger partial charge >= 0.3 is 0 Å². The van der Waals surface area contributed by atoms with Crippen LogP contribution >= 0.6 is 11.6 Å². The average Bonchev–Trinajstić information content (AvgIpc) is 2.96. The van der Waals surface area contributed by atoms with E-state index in [1.165, 1.54) is 17.0 Å². The summed E-state index contributed by atoms with van der Waals surface area (Å²) >= 11 is 6.41. The molecule has 0 radical (unpaired) electrons. The third-order valence-corrected chi connectivity index (χ3v) is 8.78. The fraction of sp³-hybridized carbons (Fsp3) is 0.355. The number of sulfonamides is 1. The number of ether oxygens (including phenoxy) is 1. The van der Waals surface area contributed by atoms with E-state index in [-0.39, 0.29) is 17.3 Å². The minimum Gasteiger partial charge on any atom is -0.494 e. The van der Waals surface area contributed by atoms with Gasteiger partial charge in [-0.05, 0) is 75.2 Å². The molecule has 0 saturated carbocycles. The summed E-state index contributed by atoms with van der Waals surface area (Å²) in [5, 5.41) is 3.32. The molecular formula is C31H38ClN3O5S. The molecule has 8 nitrogen and oxygen atoms in total.